The molecular weight excluding hydrogens is 596 g/mol. The first kappa shape index (κ1) is 29.0. The van der Waals surface area contributed by atoms with Gasteiger partial charge in [0.25, 0.3) is 5.91 Å². The molecule has 12 nitrogen and oxygen atoms in total. The molecule has 7 rings (SSSR count). The predicted octanol–water partition coefficient (Wildman–Crippen LogP) is 5.36. The summed E-state index contributed by atoms with van der Waals surface area (Å²) in [5, 5.41) is 15.8. The molecule has 1 aromatic carbocycles. The number of amides is 1. The smallest absolute Gasteiger partial charge is 0.337 e. The Labute approximate surface area is 261 Å². The van der Waals surface area contributed by atoms with Gasteiger partial charge < -0.3 is 33.9 Å². The number of carbonyl (C=O) groups is 2. The van der Waals surface area contributed by atoms with Crippen molar-refractivity contribution in [2.45, 2.75) is 31.7 Å². The Morgan fingerprint density at radius 1 is 1.11 bits per heavy atom. The van der Waals surface area contributed by atoms with E-state index in [9.17, 15) is 19.5 Å². The molecule has 2 N–H and O–H groups in total. The molecule has 45 heavy (non-hydrogen) atoms. The van der Waals surface area contributed by atoms with Crippen LogP contribution in [0.15, 0.2) is 51.1 Å². The lowest BCUT2D eigenvalue weighted by atomic mass is 10.0. The number of aromatic carboxylic acids is 1. The molecular formula is C32H32N6O6S. The highest BCUT2D eigenvalue weighted by molar-refractivity contribution is 7.17. The number of thiophene rings is 1. The normalized spacial score (nSPS) is 15.6. The van der Waals surface area contributed by atoms with Crippen molar-refractivity contribution in [2.24, 2.45) is 0 Å². The molecule has 1 aliphatic heterocycles. The van der Waals surface area contributed by atoms with Crippen molar-refractivity contribution in [2.75, 3.05) is 50.6 Å². The van der Waals surface area contributed by atoms with Gasteiger partial charge in [0.1, 0.15) is 16.0 Å². The summed E-state index contributed by atoms with van der Waals surface area (Å²) in [5.41, 5.74) is 3.04. The Hall–Kier alpha value is -4.75. The number of aromatic nitrogens is 3. The molecule has 5 aromatic rings. The molecule has 2 aliphatic rings. The van der Waals surface area contributed by atoms with Crippen LogP contribution in [-0.4, -0.2) is 76.8 Å². The number of ether oxygens (including phenoxy) is 1. The average Bonchev–Trinajstić information content (AvgIpc) is 3.80. The second-order valence-corrected chi connectivity index (χ2v) is 12.4. The number of rotatable bonds is 7. The molecule has 13 heteroatoms. The molecule has 1 aliphatic carbocycles. The van der Waals surface area contributed by atoms with E-state index in [-0.39, 0.29) is 28.9 Å². The molecule has 1 saturated heterocycles. The van der Waals surface area contributed by atoms with E-state index in [1.807, 2.05) is 20.9 Å². The topological polar surface area (TPSA) is 143 Å². The van der Waals surface area contributed by atoms with E-state index in [0.29, 0.717) is 70.6 Å². The maximum absolute atomic E-state index is 13.1. The molecule has 0 atom stereocenters. The van der Waals surface area contributed by atoms with Crippen molar-refractivity contribution >= 4 is 62.0 Å². The summed E-state index contributed by atoms with van der Waals surface area (Å²) in [4.78, 5) is 51.2. The first-order chi connectivity index (χ1) is 21.8. The molecule has 232 valence electrons. The summed E-state index contributed by atoms with van der Waals surface area (Å²) in [6.07, 6.45) is 5.74. The van der Waals surface area contributed by atoms with Crippen molar-refractivity contribution in [3.05, 3.63) is 63.4 Å². The number of carboxylic acids is 1. The SMILES string of the molecule is CN(C)C(=O)c1cc2cnc(Nc3ccc(-c4csc5c(=O)cc(N6CCOCC6)oc45)cc3C(=O)O)nc2n1C1CCCC1. The van der Waals surface area contributed by atoms with Crippen LogP contribution in [0.4, 0.5) is 17.5 Å². The fourth-order valence-corrected chi connectivity index (χ4v) is 7.09. The molecule has 0 unspecified atom stereocenters. The van der Waals surface area contributed by atoms with E-state index in [1.54, 1.807) is 43.4 Å². The first-order valence-corrected chi connectivity index (χ1v) is 15.8. The monoisotopic (exact) mass is 628 g/mol. The summed E-state index contributed by atoms with van der Waals surface area (Å²) in [6.45, 7) is 2.33. The van der Waals surface area contributed by atoms with Crippen LogP contribution in [0.3, 0.4) is 0 Å². The number of carboxylic acid groups (broad SMARTS) is 1. The van der Waals surface area contributed by atoms with E-state index in [2.05, 4.69) is 10.3 Å². The van der Waals surface area contributed by atoms with Crippen LogP contribution in [0.25, 0.3) is 32.4 Å². The number of morpholine rings is 1. The number of hydrogen-bond donors (Lipinski definition) is 2. The first-order valence-electron chi connectivity index (χ1n) is 14.9. The van der Waals surface area contributed by atoms with Crippen LogP contribution in [0.2, 0.25) is 0 Å². The summed E-state index contributed by atoms with van der Waals surface area (Å²) >= 11 is 1.27. The highest BCUT2D eigenvalue weighted by Gasteiger charge is 2.27. The quantitative estimate of drug-likeness (QED) is 0.242. The van der Waals surface area contributed by atoms with Gasteiger partial charge in [-0.2, -0.15) is 4.98 Å². The maximum atomic E-state index is 13.1. The minimum absolute atomic E-state index is 0.0110. The fraction of sp³-hybridized carbons (Fsp3) is 0.344. The standard InChI is InChI=1S/C32H32N6O6S/c1-36(2)30(40)24-14-19-16-33-32(35-29(19)38(24)20-5-3-4-6-20)34-23-8-7-18(13-21(23)31(41)42)22-17-45-28-25(39)15-26(44-27(22)28)37-9-11-43-12-10-37/h7-8,13-17,20H,3-6,9-12H2,1-2H3,(H,41,42)(H,33,34,35). The largest absolute Gasteiger partial charge is 0.478 e. The third kappa shape index (κ3) is 5.31. The second kappa shape index (κ2) is 11.6. The molecule has 5 heterocycles. The number of nitrogens with zero attached hydrogens (tertiary/aromatic N) is 5. The van der Waals surface area contributed by atoms with Gasteiger partial charge in [-0.15, -0.1) is 11.3 Å². The summed E-state index contributed by atoms with van der Waals surface area (Å²) < 4.78 is 14.1. The van der Waals surface area contributed by atoms with Gasteiger partial charge in [-0.25, -0.2) is 9.78 Å². The number of hydrogen-bond acceptors (Lipinski definition) is 10. The minimum atomic E-state index is -1.14. The van der Waals surface area contributed by atoms with E-state index in [4.69, 9.17) is 14.1 Å². The Morgan fingerprint density at radius 2 is 1.89 bits per heavy atom. The number of carbonyl (C=O) groups excluding carboxylic acids is 1. The Morgan fingerprint density at radius 3 is 2.62 bits per heavy atom. The van der Waals surface area contributed by atoms with Gasteiger partial charge in [0.15, 0.2) is 11.5 Å². The van der Waals surface area contributed by atoms with Gasteiger partial charge in [0.2, 0.25) is 11.4 Å². The lowest BCUT2D eigenvalue weighted by Crippen LogP contribution is -2.36. The van der Waals surface area contributed by atoms with E-state index in [1.165, 1.54) is 17.4 Å². The van der Waals surface area contributed by atoms with E-state index < -0.39 is 5.97 Å². The van der Waals surface area contributed by atoms with Crippen LogP contribution in [0.1, 0.15) is 52.6 Å². The number of benzene rings is 1. The van der Waals surface area contributed by atoms with Crippen molar-refractivity contribution in [1.29, 1.82) is 0 Å². The minimum Gasteiger partial charge on any atom is -0.478 e. The molecule has 1 amide bonds. The van der Waals surface area contributed by atoms with Crippen LogP contribution in [0, 0.1) is 0 Å². The van der Waals surface area contributed by atoms with Crippen LogP contribution in [-0.2, 0) is 4.74 Å². The van der Waals surface area contributed by atoms with E-state index in [0.717, 1.165) is 31.1 Å². The Balaban J connectivity index is 1.25. The van der Waals surface area contributed by atoms with E-state index >= 15 is 0 Å². The highest BCUT2D eigenvalue weighted by Crippen LogP contribution is 2.37. The fourth-order valence-electron chi connectivity index (χ4n) is 6.18. The van der Waals surface area contributed by atoms with Crippen LogP contribution < -0.4 is 15.6 Å². The van der Waals surface area contributed by atoms with Gasteiger partial charge in [-0.3, -0.25) is 9.59 Å². The van der Waals surface area contributed by atoms with Gasteiger partial charge in [0, 0.05) is 61.8 Å². The van der Waals surface area contributed by atoms with Crippen LogP contribution >= 0.6 is 11.3 Å². The van der Waals surface area contributed by atoms with Gasteiger partial charge in [-0.05, 0) is 36.6 Å². The third-order valence-electron chi connectivity index (χ3n) is 8.45. The third-order valence-corrected chi connectivity index (χ3v) is 9.43. The summed E-state index contributed by atoms with van der Waals surface area (Å²) in [7, 11) is 3.45. The number of fused-ring (bicyclic) bond motifs is 2. The lowest BCUT2D eigenvalue weighted by molar-refractivity contribution is 0.0697. The lowest BCUT2D eigenvalue weighted by Gasteiger charge is -2.27. The predicted molar refractivity (Wildman–Crippen MR) is 172 cm³/mol. The molecule has 0 spiro atoms. The van der Waals surface area contributed by atoms with Crippen molar-refractivity contribution in [3.63, 3.8) is 0 Å². The average molecular weight is 629 g/mol. The molecule has 2 fully saturated rings. The van der Waals surface area contributed by atoms with Gasteiger partial charge >= 0.3 is 5.97 Å². The van der Waals surface area contributed by atoms with Crippen molar-refractivity contribution in [1.82, 2.24) is 19.4 Å². The van der Waals surface area contributed by atoms with Gasteiger partial charge in [-0.1, -0.05) is 18.9 Å². The Bertz CT molecular complexity index is 2000. The second-order valence-electron chi connectivity index (χ2n) is 11.6. The molecule has 4 aromatic heterocycles. The maximum Gasteiger partial charge on any atom is 0.337 e. The number of anilines is 3. The van der Waals surface area contributed by atoms with Crippen LogP contribution in [0.5, 0.6) is 0 Å². The molecule has 1 saturated carbocycles. The van der Waals surface area contributed by atoms with Crippen molar-refractivity contribution < 1.29 is 23.8 Å². The molecule has 0 bridgehead atoms. The van der Waals surface area contributed by atoms with Crippen molar-refractivity contribution in [3.8, 4) is 11.1 Å². The summed E-state index contributed by atoms with van der Waals surface area (Å²) in [5.74, 6) is -0.547. The number of nitrogens with one attached hydrogen (secondary N) is 1. The highest BCUT2D eigenvalue weighted by atomic mass is 32.1. The van der Waals surface area contributed by atoms with Gasteiger partial charge in [0.05, 0.1) is 24.5 Å². The zero-order chi connectivity index (χ0) is 31.2. The Kier molecular flexibility index (Phi) is 7.50. The zero-order valence-corrected chi connectivity index (χ0v) is 25.7. The summed E-state index contributed by atoms with van der Waals surface area (Å²) in [6, 6.07) is 8.49. The zero-order valence-electron chi connectivity index (χ0n) is 24.9. The molecule has 0 radical (unpaired) electrons.